The molecule has 126 valence electrons. The van der Waals surface area contributed by atoms with Crippen molar-refractivity contribution >= 4 is 5.97 Å². The fourth-order valence-corrected chi connectivity index (χ4v) is 5.63. The van der Waals surface area contributed by atoms with Crippen LogP contribution in [0, 0.1) is 17.3 Å². The van der Waals surface area contributed by atoms with Gasteiger partial charge in [0.1, 0.15) is 5.60 Å². The van der Waals surface area contributed by atoms with Crippen molar-refractivity contribution in [3.8, 4) is 0 Å². The molecule has 0 aliphatic heterocycles. The minimum Gasteiger partial charge on any atom is -0.459 e. The molecule has 0 spiro atoms. The van der Waals surface area contributed by atoms with Crippen molar-refractivity contribution in [3.63, 3.8) is 0 Å². The quantitative estimate of drug-likeness (QED) is 0.614. The molecule has 0 N–H and O–H groups in total. The maximum absolute atomic E-state index is 11.9. The average Bonchev–Trinajstić information content (AvgIpc) is 2.56. The Kier molecular flexibility index (Phi) is 4.85. The first kappa shape index (κ1) is 16.3. The summed E-state index contributed by atoms with van der Waals surface area (Å²) in [6.07, 6.45) is 16.0. The molecule has 4 saturated carbocycles. The highest BCUT2D eigenvalue weighted by molar-refractivity contribution is 5.69. The first-order valence-corrected chi connectivity index (χ1v) is 9.83. The predicted octanol–water partition coefficient (Wildman–Crippen LogP) is 5.64. The Balaban J connectivity index is 1.57. The molecule has 22 heavy (non-hydrogen) atoms. The van der Waals surface area contributed by atoms with Gasteiger partial charge in [0.2, 0.25) is 0 Å². The second kappa shape index (κ2) is 6.53. The summed E-state index contributed by atoms with van der Waals surface area (Å²) in [4.78, 5) is 11.9. The number of ether oxygens (including phenoxy) is 1. The molecule has 4 aliphatic rings. The van der Waals surface area contributed by atoms with Gasteiger partial charge in [-0.15, -0.1) is 0 Å². The third-order valence-electron chi connectivity index (χ3n) is 7.31. The molecule has 0 heterocycles. The van der Waals surface area contributed by atoms with E-state index in [2.05, 4.69) is 13.8 Å². The van der Waals surface area contributed by atoms with Gasteiger partial charge in [-0.05, 0) is 75.0 Å². The lowest BCUT2D eigenvalue weighted by atomic mass is 9.51. The van der Waals surface area contributed by atoms with Crippen molar-refractivity contribution in [2.75, 3.05) is 0 Å². The Labute approximate surface area is 136 Å². The van der Waals surface area contributed by atoms with Crippen LogP contribution < -0.4 is 0 Å². The number of hydrogen-bond acceptors (Lipinski definition) is 2. The van der Waals surface area contributed by atoms with Crippen molar-refractivity contribution in [3.05, 3.63) is 0 Å². The molecule has 2 heteroatoms. The van der Waals surface area contributed by atoms with Crippen LogP contribution in [0.4, 0.5) is 0 Å². The molecule has 2 bridgehead atoms. The number of carbonyl (C=O) groups excluding carboxylic acids is 1. The Morgan fingerprint density at radius 1 is 0.955 bits per heavy atom. The highest BCUT2D eigenvalue weighted by atomic mass is 16.6. The van der Waals surface area contributed by atoms with Crippen LogP contribution in [0.2, 0.25) is 0 Å². The molecule has 4 aliphatic carbocycles. The Bertz CT molecular complexity index is 368. The Morgan fingerprint density at radius 3 is 2.05 bits per heavy atom. The van der Waals surface area contributed by atoms with Gasteiger partial charge >= 0.3 is 5.97 Å². The zero-order valence-corrected chi connectivity index (χ0v) is 14.7. The van der Waals surface area contributed by atoms with E-state index in [4.69, 9.17) is 4.74 Å². The smallest absolute Gasteiger partial charge is 0.306 e. The molecule has 2 nitrogen and oxygen atoms in total. The molecular formula is C20H34O2. The van der Waals surface area contributed by atoms with Gasteiger partial charge in [-0.25, -0.2) is 0 Å². The lowest BCUT2D eigenvalue weighted by Gasteiger charge is -2.56. The van der Waals surface area contributed by atoms with Gasteiger partial charge in [0.25, 0.3) is 0 Å². The monoisotopic (exact) mass is 306 g/mol. The van der Waals surface area contributed by atoms with E-state index in [1.807, 2.05) is 0 Å². The molecule has 0 radical (unpaired) electrons. The summed E-state index contributed by atoms with van der Waals surface area (Å²) in [6, 6.07) is 0. The van der Waals surface area contributed by atoms with Gasteiger partial charge < -0.3 is 4.74 Å². The molecule has 0 aromatic heterocycles. The zero-order valence-electron chi connectivity index (χ0n) is 14.7. The van der Waals surface area contributed by atoms with Crippen LogP contribution in [0.1, 0.15) is 97.3 Å². The van der Waals surface area contributed by atoms with E-state index in [-0.39, 0.29) is 11.6 Å². The van der Waals surface area contributed by atoms with Crippen LogP contribution in [0.5, 0.6) is 0 Å². The van der Waals surface area contributed by atoms with Crippen LogP contribution in [0.3, 0.4) is 0 Å². The molecule has 0 saturated heterocycles. The lowest BCUT2D eigenvalue weighted by Crippen LogP contribution is -2.51. The minimum atomic E-state index is -0.0748. The zero-order chi connectivity index (χ0) is 15.6. The third kappa shape index (κ3) is 3.08. The van der Waals surface area contributed by atoms with Gasteiger partial charge in [-0.3, -0.25) is 4.79 Å². The van der Waals surface area contributed by atoms with Crippen LogP contribution in [-0.4, -0.2) is 11.6 Å². The van der Waals surface area contributed by atoms with E-state index in [9.17, 15) is 4.79 Å². The highest BCUT2D eigenvalue weighted by Gasteiger charge is 2.53. The number of hydrogen-bond donors (Lipinski definition) is 0. The minimum absolute atomic E-state index is 0.0420. The van der Waals surface area contributed by atoms with E-state index in [0.29, 0.717) is 11.8 Å². The standard InChI is InChI=1S/C20H34O2/c1-3-5-18(21)22-20-13-10-19(11-14-20,12-15-20)17-8-6-16(4-2)7-9-17/h16-17H,3-15H2,1-2H3. The van der Waals surface area contributed by atoms with Crippen molar-refractivity contribution in [2.24, 2.45) is 17.3 Å². The van der Waals surface area contributed by atoms with Crippen molar-refractivity contribution in [1.29, 1.82) is 0 Å². The number of rotatable bonds is 5. The summed E-state index contributed by atoms with van der Waals surface area (Å²) >= 11 is 0. The number of esters is 1. The van der Waals surface area contributed by atoms with Gasteiger partial charge in [0.05, 0.1) is 0 Å². The van der Waals surface area contributed by atoms with E-state index < -0.39 is 0 Å². The van der Waals surface area contributed by atoms with E-state index in [1.54, 1.807) is 0 Å². The van der Waals surface area contributed by atoms with Gasteiger partial charge in [-0.1, -0.05) is 33.1 Å². The average molecular weight is 306 g/mol. The van der Waals surface area contributed by atoms with Gasteiger partial charge in [0, 0.05) is 6.42 Å². The highest BCUT2D eigenvalue weighted by Crippen LogP contribution is 2.60. The van der Waals surface area contributed by atoms with Gasteiger partial charge in [-0.2, -0.15) is 0 Å². The fourth-order valence-electron chi connectivity index (χ4n) is 5.63. The predicted molar refractivity (Wildman–Crippen MR) is 89.6 cm³/mol. The van der Waals surface area contributed by atoms with E-state index in [0.717, 1.165) is 37.5 Å². The second-order valence-corrected chi connectivity index (χ2v) is 8.40. The number of fused-ring (bicyclic) bond motifs is 3. The summed E-state index contributed by atoms with van der Waals surface area (Å²) < 4.78 is 5.93. The summed E-state index contributed by atoms with van der Waals surface area (Å²) in [7, 11) is 0. The molecule has 0 unspecified atom stereocenters. The van der Waals surface area contributed by atoms with E-state index >= 15 is 0 Å². The Morgan fingerprint density at radius 2 is 1.55 bits per heavy atom. The molecule has 0 atom stereocenters. The van der Waals surface area contributed by atoms with Crippen LogP contribution in [0.25, 0.3) is 0 Å². The van der Waals surface area contributed by atoms with Crippen molar-refractivity contribution in [1.82, 2.24) is 0 Å². The normalized spacial score (nSPS) is 41.4. The van der Waals surface area contributed by atoms with Crippen LogP contribution in [0.15, 0.2) is 0 Å². The molecule has 0 aromatic carbocycles. The number of carbonyl (C=O) groups is 1. The third-order valence-corrected chi connectivity index (χ3v) is 7.31. The van der Waals surface area contributed by atoms with Crippen LogP contribution >= 0.6 is 0 Å². The van der Waals surface area contributed by atoms with Gasteiger partial charge in [0.15, 0.2) is 0 Å². The Hall–Kier alpha value is -0.530. The maximum Gasteiger partial charge on any atom is 0.306 e. The van der Waals surface area contributed by atoms with Crippen molar-refractivity contribution in [2.45, 2.75) is 103 Å². The molecule has 4 fully saturated rings. The summed E-state index contributed by atoms with van der Waals surface area (Å²) in [5.74, 6) is 1.99. The first-order valence-electron chi connectivity index (χ1n) is 9.83. The molecule has 4 rings (SSSR count). The van der Waals surface area contributed by atoms with E-state index in [1.165, 1.54) is 51.4 Å². The van der Waals surface area contributed by atoms with Crippen molar-refractivity contribution < 1.29 is 9.53 Å². The van der Waals surface area contributed by atoms with Crippen LogP contribution in [-0.2, 0) is 9.53 Å². The second-order valence-electron chi connectivity index (χ2n) is 8.40. The molecule has 0 amide bonds. The SMILES string of the molecule is CCCC(=O)OC12CCC(C3CCC(CC)CC3)(CC1)CC2. The summed E-state index contributed by atoms with van der Waals surface area (Å²) in [5.41, 5.74) is 0.534. The fraction of sp³-hybridized carbons (Fsp3) is 0.950. The summed E-state index contributed by atoms with van der Waals surface area (Å²) in [5, 5.41) is 0. The summed E-state index contributed by atoms with van der Waals surface area (Å²) in [6.45, 7) is 4.40. The topological polar surface area (TPSA) is 26.3 Å². The maximum atomic E-state index is 11.9. The first-order chi connectivity index (χ1) is 10.6. The molecular weight excluding hydrogens is 272 g/mol. The molecule has 0 aromatic rings. The lowest BCUT2D eigenvalue weighted by molar-refractivity contribution is -0.182. The largest absolute Gasteiger partial charge is 0.459 e.